The maximum Gasteiger partial charge on any atom is 0.271 e. The molecule has 0 spiro atoms. The smallest absolute Gasteiger partial charge is 0.271 e. The molecule has 0 atom stereocenters. The summed E-state index contributed by atoms with van der Waals surface area (Å²) < 4.78 is 12.3. The van der Waals surface area contributed by atoms with Gasteiger partial charge in [-0.15, -0.1) is 0 Å². The maximum absolute atomic E-state index is 12.3. The summed E-state index contributed by atoms with van der Waals surface area (Å²) in [6.45, 7) is 0.299. The van der Waals surface area contributed by atoms with Gasteiger partial charge in [-0.2, -0.15) is 0 Å². The van der Waals surface area contributed by atoms with Crippen LogP contribution in [0.1, 0.15) is 16.1 Å². The molecule has 2 aromatic heterocycles. The monoisotopic (exact) mass is 345 g/mol. The van der Waals surface area contributed by atoms with Crippen LogP contribution < -0.4 is 14.8 Å². The highest BCUT2D eigenvalue weighted by atomic mass is 35.5. The molecule has 3 rings (SSSR count). The van der Waals surface area contributed by atoms with E-state index in [2.05, 4.69) is 10.3 Å². The predicted octanol–water partition coefficient (Wildman–Crippen LogP) is 2.93. The fraction of sp³-hybridized carbons (Fsp3) is 0.176. The minimum atomic E-state index is -0.278. The van der Waals surface area contributed by atoms with Crippen molar-refractivity contribution in [1.82, 2.24) is 14.7 Å². The lowest BCUT2D eigenvalue weighted by Gasteiger charge is -2.12. The van der Waals surface area contributed by atoms with E-state index in [1.165, 1.54) is 0 Å². The Kier molecular flexibility index (Phi) is 4.57. The number of methoxy groups -OCH3 is 2. The van der Waals surface area contributed by atoms with E-state index >= 15 is 0 Å². The third kappa shape index (κ3) is 3.14. The van der Waals surface area contributed by atoms with Crippen LogP contribution in [0.3, 0.4) is 0 Å². The van der Waals surface area contributed by atoms with Gasteiger partial charge < -0.3 is 19.2 Å². The lowest BCUT2D eigenvalue weighted by molar-refractivity contribution is 0.0946. The number of carbonyl (C=O) groups is 1. The van der Waals surface area contributed by atoms with E-state index in [1.54, 1.807) is 49.2 Å². The molecular weight excluding hydrogens is 330 g/mol. The Bertz CT molecular complexity index is 892. The quantitative estimate of drug-likeness (QED) is 0.772. The van der Waals surface area contributed by atoms with Gasteiger partial charge in [0.05, 0.1) is 19.2 Å². The molecule has 0 fully saturated rings. The molecule has 7 heteroatoms. The molecule has 0 aliphatic heterocycles. The molecule has 124 valence electrons. The second kappa shape index (κ2) is 6.80. The first-order chi connectivity index (χ1) is 11.6. The number of imidazole rings is 1. The van der Waals surface area contributed by atoms with Crippen LogP contribution in [0.25, 0.3) is 5.65 Å². The molecule has 6 nitrogen and oxygen atoms in total. The lowest BCUT2D eigenvalue weighted by Crippen LogP contribution is -2.23. The molecule has 0 saturated carbocycles. The molecule has 1 N–H and O–H groups in total. The molecule has 24 heavy (non-hydrogen) atoms. The van der Waals surface area contributed by atoms with Crippen LogP contribution >= 0.6 is 11.6 Å². The van der Waals surface area contributed by atoms with E-state index in [1.807, 2.05) is 12.1 Å². The number of nitrogens with zero attached hydrogens (tertiary/aromatic N) is 2. The van der Waals surface area contributed by atoms with Crippen molar-refractivity contribution in [2.75, 3.05) is 14.2 Å². The van der Waals surface area contributed by atoms with E-state index in [0.717, 1.165) is 5.56 Å². The van der Waals surface area contributed by atoms with E-state index in [0.29, 0.717) is 34.4 Å². The molecule has 0 saturated heterocycles. The van der Waals surface area contributed by atoms with Gasteiger partial charge in [-0.3, -0.25) is 4.79 Å². The van der Waals surface area contributed by atoms with Crippen molar-refractivity contribution in [2.45, 2.75) is 6.54 Å². The van der Waals surface area contributed by atoms with Crippen molar-refractivity contribution in [1.29, 1.82) is 0 Å². The average Bonchev–Trinajstić information content (AvgIpc) is 3.02. The second-order valence-corrected chi connectivity index (χ2v) is 5.51. The maximum atomic E-state index is 12.3. The Balaban J connectivity index is 1.77. The van der Waals surface area contributed by atoms with Crippen LogP contribution in [0.15, 0.2) is 42.7 Å². The molecule has 0 aliphatic rings. The van der Waals surface area contributed by atoms with Crippen molar-refractivity contribution >= 4 is 23.2 Å². The zero-order chi connectivity index (χ0) is 17.1. The summed E-state index contributed by atoms with van der Waals surface area (Å²) in [7, 11) is 3.14. The number of benzene rings is 1. The van der Waals surface area contributed by atoms with Gasteiger partial charge in [0.1, 0.15) is 11.3 Å². The first kappa shape index (κ1) is 16.1. The number of carbonyl (C=O) groups excluding carboxylic acids is 1. The largest absolute Gasteiger partial charge is 0.493 e. The van der Waals surface area contributed by atoms with Gasteiger partial charge in [0.15, 0.2) is 11.5 Å². The van der Waals surface area contributed by atoms with Crippen molar-refractivity contribution in [2.24, 2.45) is 0 Å². The first-order valence-corrected chi connectivity index (χ1v) is 7.62. The Morgan fingerprint density at radius 3 is 2.79 bits per heavy atom. The number of nitrogens with one attached hydrogen (secondary N) is 1. The van der Waals surface area contributed by atoms with E-state index in [-0.39, 0.29) is 5.91 Å². The zero-order valence-corrected chi connectivity index (χ0v) is 14.0. The molecule has 0 bridgehead atoms. The standard InChI is InChI=1S/C17H16ClN3O3/c1-23-14-5-3-4-11(16(14)24-2)8-19-17(22)13-10-21-9-12(18)6-7-15(21)20-13/h3-7,9-10H,8H2,1-2H3,(H,19,22). The molecule has 1 aromatic carbocycles. The highest BCUT2D eigenvalue weighted by molar-refractivity contribution is 6.30. The van der Waals surface area contributed by atoms with Crippen LogP contribution in [-0.2, 0) is 6.54 Å². The van der Waals surface area contributed by atoms with Crippen molar-refractivity contribution in [3.05, 3.63) is 59.0 Å². The summed E-state index contributed by atoms with van der Waals surface area (Å²) in [5.74, 6) is 0.938. The summed E-state index contributed by atoms with van der Waals surface area (Å²) in [5, 5.41) is 3.41. The molecule has 0 unspecified atom stereocenters. The Hall–Kier alpha value is -2.73. The van der Waals surface area contributed by atoms with Crippen LogP contribution in [-0.4, -0.2) is 29.5 Å². The van der Waals surface area contributed by atoms with Gasteiger partial charge >= 0.3 is 0 Å². The van der Waals surface area contributed by atoms with Gasteiger partial charge in [-0.05, 0) is 18.2 Å². The normalized spacial score (nSPS) is 10.6. The highest BCUT2D eigenvalue weighted by Crippen LogP contribution is 2.30. The minimum absolute atomic E-state index is 0.278. The highest BCUT2D eigenvalue weighted by Gasteiger charge is 2.13. The van der Waals surface area contributed by atoms with Crippen molar-refractivity contribution < 1.29 is 14.3 Å². The fourth-order valence-corrected chi connectivity index (χ4v) is 2.60. The molecule has 3 aromatic rings. The number of hydrogen-bond donors (Lipinski definition) is 1. The number of rotatable bonds is 5. The number of hydrogen-bond acceptors (Lipinski definition) is 4. The van der Waals surface area contributed by atoms with Crippen LogP contribution in [0.4, 0.5) is 0 Å². The fourth-order valence-electron chi connectivity index (χ4n) is 2.43. The van der Waals surface area contributed by atoms with Crippen molar-refractivity contribution in [3.8, 4) is 11.5 Å². The van der Waals surface area contributed by atoms with Gasteiger partial charge in [0.25, 0.3) is 5.91 Å². The number of amides is 1. The SMILES string of the molecule is COc1cccc(CNC(=O)c2cn3cc(Cl)ccc3n2)c1OC. The zero-order valence-electron chi connectivity index (χ0n) is 13.2. The lowest BCUT2D eigenvalue weighted by atomic mass is 10.2. The number of halogens is 1. The van der Waals surface area contributed by atoms with Gasteiger partial charge in [0, 0.05) is 24.5 Å². The third-order valence-corrected chi connectivity index (χ3v) is 3.80. The number of aromatic nitrogens is 2. The second-order valence-electron chi connectivity index (χ2n) is 5.07. The first-order valence-electron chi connectivity index (χ1n) is 7.24. The summed E-state index contributed by atoms with van der Waals surface area (Å²) >= 11 is 5.94. The summed E-state index contributed by atoms with van der Waals surface area (Å²) in [5.41, 5.74) is 1.79. The van der Waals surface area contributed by atoms with E-state index in [4.69, 9.17) is 21.1 Å². The minimum Gasteiger partial charge on any atom is -0.493 e. The van der Waals surface area contributed by atoms with E-state index < -0.39 is 0 Å². The van der Waals surface area contributed by atoms with Gasteiger partial charge in [-0.1, -0.05) is 23.7 Å². The van der Waals surface area contributed by atoms with Crippen LogP contribution in [0.5, 0.6) is 11.5 Å². The molecule has 0 radical (unpaired) electrons. The number of fused-ring (bicyclic) bond motifs is 1. The molecule has 2 heterocycles. The third-order valence-electron chi connectivity index (χ3n) is 3.57. The molecular formula is C17H16ClN3O3. The Morgan fingerprint density at radius 1 is 1.21 bits per heavy atom. The number of pyridine rings is 1. The van der Waals surface area contributed by atoms with Crippen LogP contribution in [0.2, 0.25) is 5.02 Å². The molecule has 0 aliphatic carbocycles. The summed E-state index contributed by atoms with van der Waals surface area (Å²) in [6.07, 6.45) is 3.34. The Morgan fingerprint density at radius 2 is 2.04 bits per heavy atom. The molecule has 1 amide bonds. The topological polar surface area (TPSA) is 64.9 Å². The van der Waals surface area contributed by atoms with Crippen LogP contribution in [0, 0.1) is 0 Å². The van der Waals surface area contributed by atoms with Gasteiger partial charge in [-0.25, -0.2) is 4.98 Å². The average molecular weight is 346 g/mol. The Labute approximate surface area is 144 Å². The summed E-state index contributed by atoms with van der Waals surface area (Å²) in [6, 6.07) is 8.99. The number of ether oxygens (including phenoxy) is 2. The number of para-hydroxylation sites is 1. The van der Waals surface area contributed by atoms with Crippen molar-refractivity contribution in [3.63, 3.8) is 0 Å². The van der Waals surface area contributed by atoms with Gasteiger partial charge in [0.2, 0.25) is 0 Å². The summed E-state index contributed by atoms with van der Waals surface area (Å²) in [4.78, 5) is 16.6. The predicted molar refractivity (Wildman–Crippen MR) is 90.9 cm³/mol. The van der Waals surface area contributed by atoms with E-state index in [9.17, 15) is 4.79 Å².